The van der Waals surface area contributed by atoms with Gasteiger partial charge in [-0.2, -0.15) is 27.2 Å². The maximum atomic E-state index is 13.8. The van der Waals surface area contributed by atoms with Crippen molar-refractivity contribution in [2.24, 2.45) is 0 Å². The Morgan fingerprint density at radius 3 is 2.29 bits per heavy atom. The van der Waals surface area contributed by atoms with E-state index in [1.807, 2.05) is 6.07 Å². The minimum absolute atomic E-state index is 0.227. The van der Waals surface area contributed by atoms with E-state index < -0.39 is 47.8 Å². The van der Waals surface area contributed by atoms with Gasteiger partial charge in [-0.1, -0.05) is 18.2 Å². The van der Waals surface area contributed by atoms with Crippen LogP contribution in [0.2, 0.25) is 0 Å². The topological polar surface area (TPSA) is 74.7 Å². The van der Waals surface area contributed by atoms with E-state index in [-0.39, 0.29) is 11.3 Å². The molecule has 162 valence electrons. The number of benzene rings is 2. The summed E-state index contributed by atoms with van der Waals surface area (Å²) in [6.45, 7) is 7.41. The van der Waals surface area contributed by atoms with Crippen LogP contribution in [0.5, 0.6) is 5.75 Å². The zero-order chi connectivity index (χ0) is 23.4. The van der Waals surface area contributed by atoms with Gasteiger partial charge in [0.1, 0.15) is 12.4 Å². The molecule has 0 spiro atoms. The van der Waals surface area contributed by atoms with E-state index in [0.29, 0.717) is 11.6 Å². The molecule has 1 atom stereocenters. The molecule has 0 saturated carbocycles. The molecule has 0 aliphatic rings. The molecule has 1 N–H and O–H groups in total. The first-order valence-electron chi connectivity index (χ1n) is 8.66. The van der Waals surface area contributed by atoms with E-state index in [0.717, 1.165) is 19.1 Å². The number of nitriles is 1. The van der Waals surface area contributed by atoms with Crippen molar-refractivity contribution in [1.29, 1.82) is 5.26 Å². The van der Waals surface area contributed by atoms with E-state index in [1.165, 1.54) is 24.3 Å². The highest BCUT2D eigenvalue weighted by molar-refractivity contribution is 5.89. The summed E-state index contributed by atoms with van der Waals surface area (Å²) in [5.41, 5.74) is -4.40. The van der Waals surface area contributed by atoms with Crippen molar-refractivity contribution < 1.29 is 36.6 Å². The summed E-state index contributed by atoms with van der Waals surface area (Å²) in [6, 6.07) is 9.96. The molecule has 2 aromatic carbocycles. The number of ether oxygens (including phenoxy) is 1. The first-order valence-corrected chi connectivity index (χ1v) is 8.66. The molecule has 0 fully saturated rings. The molecule has 0 bridgehead atoms. The lowest BCUT2D eigenvalue weighted by molar-refractivity contribution is -0.289. The highest BCUT2D eigenvalue weighted by atomic mass is 19.4. The van der Waals surface area contributed by atoms with Crippen molar-refractivity contribution in [3.8, 4) is 11.8 Å². The van der Waals surface area contributed by atoms with Gasteiger partial charge in [0, 0.05) is 12.0 Å². The Morgan fingerprint density at radius 2 is 1.77 bits per heavy atom. The summed E-state index contributed by atoms with van der Waals surface area (Å²) in [7, 11) is 0. The van der Waals surface area contributed by atoms with E-state index in [4.69, 9.17) is 16.6 Å². The SMILES string of the molecule is [C-]#[N+]c1ccc(CC(=O)[C@@](C)(O)COc2ccc(C#N)cc2)cc1C(F)(F)C(F)(F)F. The van der Waals surface area contributed by atoms with Crippen LogP contribution in [-0.2, 0) is 17.1 Å². The van der Waals surface area contributed by atoms with Gasteiger partial charge in [-0.05, 0) is 36.8 Å². The monoisotopic (exact) mass is 438 g/mol. The van der Waals surface area contributed by atoms with Crippen LogP contribution in [0.3, 0.4) is 0 Å². The molecule has 5 nitrogen and oxygen atoms in total. The lowest BCUT2D eigenvalue weighted by Gasteiger charge is -2.24. The quantitative estimate of drug-likeness (QED) is 0.502. The summed E-state index contributed by atoms with van der Waals surface area (Å²) in [5.74, 6) is -5.92. The summed E-state index contributed by atoms with van der Waals surface area (Å²) in [4.78, 5) is 15.1. The molecule has 0 radical (unpaired) electrons. The number of aliphatic hydroxyl groups is 1. The van der Waals surface area contributed by atoms with Crippen LogP contribution in [-0.4, -0.2) is 29.3 Å². The summed E-state index contributed by atoms with van der Waals surface area (Å²) in [5, 5.41) is 19.1. The minimum Gasteiger partial charge on any atom is -0.490 e. The van der Waals surface area contributed by atoms with Crippen LogP contribution in [0, 0.1) is 17.9 Å². The highest BCUT2D eigenvalue weighted by Crippen LogP contribution is 2.47. The number of halogens is 5. The maximum absolute atomic E-state index is 13.8. The predicted octanol–water partition coefficient (Wildman–Crippen LogP) is 4.70. The number of carbonyl (C=O) groups excluding carboxylic acids is 1. The van der Waals surface area contributed by atoms with Crippen molar-refractivity contribution >= 4 is 11.5 Å². The molecule has 0 aliphatic carbocycles. The molecule has 0 aromatic heterocycles. The molecule has 0 amide bonds. The Kier molecular flexibility index (Phi) is 6.67. The van der Waals surface area contributed by atoms with Gasteiger partial charge in [-0.3, -0.25) is 4.79 Å². The van der Waals surface area contributed by atoms with Crippen molar-refractivity contribution in [3.05, 3.63) is 70.6 Å². The summed E-state index contributed by atoms with van der Waals surface area (Å²) >= 11 is 0. The Labute approximate surface area is 174 Å². The predicted molar refractivity (Wildman–Crippen MR) is 98.6 cm³/mol. The van der Waals surface area contributed by atoms with Crippen molar-refractivity contribution in [1.82, 2.24) is 0 Å². The first kappa shape index (κ1) is 23.8. The van der Waals surface area contributed by atoms with Crippen LogP contribution in [0.1, 0.15) is 23.6 Å². The summed E-state index contributed by atoms with van der Waals surface area (Å²) in [6.07, 6.45) is -6.58. The van der Waals surface area contributed by atoms with Crippen molar-refractivity contribution in [2.45, 2.75) is 31.0 Å². The van der Waals surface area contributed by atoms with Gasteiger partial charge in [0.15, 0.2) is 17.1 Å². The van der Waals surface area contributed by atoms with E-state index in [1.54, 1.807) is 0 Å². The number of rotatable bonds is 7. The number of nitrogens with zero attached hydrogens (tertiary/aromatic N) is 2. The molecule has 0 aliphatic heterocycles. The first-order chi connectivity index (χ1) is 14.3. The second-order valence-corrected chi connectivity index (χ2v) is 6.83. The van der Waals surface area contributed by atoms with E-state index >= 15 is 0 Å². The third-order valence-electron chi connectivity index (χ3n) is 4.34. The van der Waals surface area contributed by atoms with Crippen LogP contribution in [0.15, 0.2) is 42.5 Å². The second-order valence-electron chi connectivity index (χ2n) is 6.83. The van der Waals surface area contributed by atoms with E-state index in [2.05, 4.69) is 4.85 Å². The van der Waals surface area contributed by atoms with Crippen LogP contribution in [0.25, 0.3) is 4.85 Å². The Hall–Kier alpha value is -3.50. The number of hydrogen-bond donors (Lipinski definition) is 1. The minimum atomic E-state index is -5.92. The zero-order valence-electron chi connectivity index (χ0n) is 16.0. The third kappa shape index (κ3) is 5.36. The van der Waals surface area contributed by atoms with Gasteiger partial charge in [0.2, 0.25) is 0 Å². The van der Waals surface area contributed by atoms with Gasteiger partial charge in [0.25, 0.3) is 0 Å². The maximum Gasteiger partial charge on any atom is 0.456 e. The molecule has 0 unspecified atom stereocenters. The number of carbonyl (C=O) groups is 1. The van der Waals surface area contributed by atoms with Crippen LogP contribution < -0.4 is 4.74 Å². The fraction of sp³-hybridized carbons (Fsp3) is 0.286. The molecular formula is C21H15F5N2O3. The van der Waals surface area contributed by atoms with Gasteiger partial charge in [0.05, 0.1) is 18.2 Å². The molecule has 31 heavy (non-hydrogen) atoms. The lowest BCUT2D eigenvalue weighted by atomic mass is 9.93. The van der Waals surface area contributed by atoms with Crippen molar-refractivity contribution in [2.75, 3.05) is 6.61 Å². The van der Waals surface area contributed by atoms with Crippen molar-refractivity contribution in [3.63, 3.8) is 0 Å². The average Bonchev–Trinajstić information content (AvgIpc) is 2.71. The number of hydrogen-bond acceptors (Lipinski definition) is 4. The van der Waals surface area contributed by atoms with Gasteiger partial charge in [-0.15, -0.1) is 0 Å². The normalized spacial score (nSPS) is 13.6. The van der Waals surface area contributed by atoms with E-state index in [9.17, 15) is 31.9 Å². The van der Waals surface area contributed by atoms with Gasteiger partial charge in [-0.25, -0.2) is 4.85 Å². The molecule has 2 aromatic rings. The Morgan fingerprint density at radius 1 is 1.16 bits per heavy atom. The number of Topliss-reactive ketones (excluding diaryl/α,β-unsaturated/α-hetero) is 1. The van der Waals surface area contributed by atoms with Gasteiger partial charge < -0.3 is 9.84 Å². The fourth-order valence-electron chi connectivity index (χ4n) is 2.50. The Balaban J connectivity index is 2.19. The van der Waals surface area contributed by atoms with Crippen LogP contribution >= 0.6 is 0 Å². The largest absolute Gasteiger partial charge is 0.490 e. The Bertz CT molecular complexity index is 1050. The average molecular weight is 438 g/mol. The zero-order valence-corrected chi connectivity index (χ0v) is 16.0. The molecular weight excluding hydrogens is 423 g/mol. The molecule has 10 heteroatoms. The molecule has 2 rings (SSSR count). The third-order valence-corrected chi connectivity index (χ3v) is 4.34. The summed E-state index contributed by atoms with van der Waals surface area (Å²) < 4.78 is 71.1. The smallest absolute Gasteiger partial charge is 0.456 e. The standard InChI is InChI=1S/C21H15F5N2O3/c1-19(30,12-31-15-6-3-13(11-27)4-7-15)18(29)10-14-5-8-17(28-2)16(9-14)20(22,23)21(24,25)26/h3-9,30H,10,12H2,1H3/t19-/m0/s1. The highest BCUT2D eigenvalue weighted by Gasteiger charge is 2.59. The van der Waals surface area contributed by atoms with Gasteiger partial charge >= 0.3 is 12.1 Å². The second kappa shape index (κ2) is 8.70. The number of ketones is 1. The van der Waals surface area contributed by atoms with Crippen LogP contribution in [0.4, 0.5) is 27.6 Å². The molecule has 0 saturated heterocycles. The number of alkyl halides is 5. The molecule has 0 heterocycles. The lowest BCUT2D eigenvalue weighted by Crippen LogP contribution is -2.42. The fourth-order valence-corrected chi connectivity index (χ4v) is 2.50.